The Morgan fingerprint density at radius 3 is 2.35 bits per heavy atom. The van der Waals surface area contributed by atoms with Gasteiger partial charge in [0.1, 0.15) is 11.6 Å². The van der Waals surface area contributed by atoms with Crippen LogP contribution >= 0.6 is 0 Å². The summed E-state index contributed by atoms with van der Waals surface area (Å²) >= 11 is 0. The third-order valence-corrected chi connectivity index (χ3v) is 2.74. The highest BCUT2D eigenvalue weighted by Gasteiger charge is 2.34. The van der Waals surface area contributed by atoms with Gasteiger partial charge in [-0.1, -0.05) is 0 Å². The molecule has 0 aromatic heterocycles. The standard InChI is InChI=1S/C13H16F2N2/c1-13(2,8-16)12(17(3)4)10-7-9(14)5-6-11(10)15/h5-7,12H,1-4H3. The van der Waals surface area contributed by atoms with Crippen LogP contribution in [0.3, 0.4) is 0 Å². The van der Waals surface area contributed by atoms with Crippen LogP contribution in [0, 0.1) is 28.4 Å². The molecule has 0 aliphatic rings. The van der Waals surface area contributed by atoms with E-state index in [9.17, 15) is 8.78 Å². The van der Waals surface area contributed by atoms with Crippen LogP contribution in [0.5, 0.6) is 0 Å². The zero-order chi connectivity index (χ0) is 13.2. The largest absolute Gasteiger partial charge is 0.301 e. The SMILES string of the molecule is CN(C)C(c1cc(F)ccc1F)C(C)(C)C#N. The van der Waals surface area contributed by atoms with Crippen LogP contribution in [-0.4, -0.2) is 19.0 Å². The van der Waals surface area contributed by atoms with Gasteiger partial charge in [0.25, 0.3) is 0 Å². The molecule has 1 aromatic rings. The van der Waals surface area contributed by atoms with E-state index in [1.54, 1.807) is 32.8 Å². The van der Waals surface area contributed by atoms with E-state index in [0.29, 0.717) is 0 Å². The van der Waals surface area contributed by atoms with Crippen LogP contribution in [0.2, 0.25) is 0 Å². The Bertz CT molecular complexity index is 447. The van der Waals surface area contributed by atoms with Crippen LogP contribution in [0.1, 0.15) is 25.5 Å². The van der Waals surface area contributed by atoms with E-state index in [-0.39, 0.29) is 5.56 Å². The first-order valence-corrected chi connectivity index (χ1v) is 5.32. The third kappa shape index (κ3) is 2.80. The molecule has 17 heavy (non-hydrogen) atoms. The number of benzene rings is 1. The summed E-state index contributed by atoms with van der Waals surface area (Å²) in [6, 6.07) is 4.96. The molecule has 2 nitrogen and oxygen atoms in total. The summed E-state index contributed by atoms with van der Waals surface area (Å²) in [5.41, 5.74) is -0.598. The number of rotatable bonds is 3. The molecule has 1 unspecified atom stereocenters. The summed E-state index contributed by atoms with van der Waals surface area (Å²) < 4.78 is 26.9. The summed E-state index contributed by atoms with van der Waals surface area (Å²) in [6.07, 6.45) is 0. The van der Waals surface area contributed by atoms with Crippen molar-refractivity contribution in [1.82, 2.24) is 4.90 Å². The van der Waals surface area contributed by atoms with E-state index in [2.05, 4.69) is 6.07 Å². The van der Waals surface area contributed by atoms with Crippen LogP contribution in [0.4, 0.5) is 8.78 Å². The van der Waals surface area contributed by atoms with Crippen molar-refractivity contribution >= 4 is 0 Å². The number of nitriles is 1. The topological polar surface area (TPSA) is 27.0 Å². The predicted octanol–water partition coefficient (Wildman–Crippen LogP) is 3.12. The Morgan fingerprint density at radius 1 is 1.29 bits per heavy atom. The normalized spacial score (nSPS) is 13.5. The second-order valence-electron chi connectivity index (χ2n) is 4.87. The summed E-state index contributed by atoms with van der Waals surface area (Å²) in [5.74, 6) is -0.990. The van der Waals surface area contributed by atoms with Crippen molar-refractivity contribution in [2.24, 2.45) is 5.41 Å². The van der Waals surface area contributed by atoms with Crippen LogP contribution in [0.15, 0.2) is 18.2 Å². The fraction of sp³-hybridized carbons (Fsp3) is 0.462. The Kier molecular flexibility index (Phi) is 3.84. The van der Waals surface area contributed by atoms with Gasteiger partial charge in [0.05, 0.1) is 17.5 Å². The molecule has 0 aliphatic heterocycles. The molecule has 0 heterocycles. The molecule has 0 aliphatic carbocycles. The maximum Gasteiger partial charge on any atom is 0.128 e. The Hall–Kier alpha value is -1.47. The van der Waals surface area contributed by atoms with E-state index in [0.717, 1.165) is 18.2 Å². The van der Waals surface area contributed by atoms with Crippen molar-refractivity contribution in [3.05, 3.63) is 35.4 Å². The molecule has 0 saturated heterocycles. The van der Waals surface area contributed by atoms with Crippen molar-refractivity contribution in [3.63, 3.8) is 0 Å². The van der Waals surface area contributed by atoms with Gasteiger partial charge >= 0.3 is 0 Å². The maximum atomic E-state index is 13.7. The molecule has 0 N–H and O–H groups in total. The van der Waals surface area contributed by atoms with E-state index < -0.39 is 23.1 Å². The molecule has 0 amide bonds. The first-order chi connectivity index (χ1) is 7.79. The van der Waals surface area contributed by atoms with Gasteiger partial charge in [-0.3, -0.25) is 0 Å². The lowest BCUT2D eigenvalue weighted by atomic mass is 9.81. The number of nitrogens with zero attached hydrogens (tertiary/aromatic N) is 2. The molecule has 1 rings (SSSR count). The Morgan fingerprint density at radius 2 is 1.88 bits per heavy atom. The quantitative estimate of drug-likeness (QED) is 0.809. The first-order valence-electron chi connectivity index (χ1n) is 5.32. The van der Waals surface area contributed by atoms with Gasteiger partial charge in [-0.15, -0.1) is 0 Å². The highest BCUT2D eigenvalue weighted by atomic mass is 19.1. The lowest BCUT2D eigenvalue weighted by Gasteiger charge is -2.34. The minimum Gasteiger partial charge on any atom is -0.301 e. The zero-order valence-electron chi connectivity index (χ0n) is 10.5. The Labute approximate surface area is 100 Å². The van der Waals surface area contributed by atoms with Crippen LogP contribution in [-0.2, 0) is 0 Å². The van der Waals surface area contributed by atoms with Gasteiger partial charge in [-0.2, -0.15) is 5.26 Å². The molecule has 92 valence electrons. The second-order valence-corrected chi connectivity index (χ2v) is 4.87. The highest BCUT2D eigenvalue weighted by Crippen LogP contribution is 2.37. The summed E-state index contributed by atoms with van der Waals surface area (Å²) in [7, 11) is 3.49. The van der Waals surface area contributed by atoms with E-state index >= 15 is 0 Å². The van der Waals surface area contributed by atoms with Crippen LogP contribution in [0.25, 0.3) is 0 Å². The molecule has 0 saturated carbocycles. The Balaban J connectivity index is 3.34. The number of halogens is 2. The second kappa shape index (κ2) is 4.80. The molecule has 1 atom stereocenters. The molecular weight excluding hydrogens is 222 g/mol. The molecule has 0 spiro atoms. The van der Waals surface area contributed by atoms with Crippen molar-refractivity contribution in [2.45, 2.75) is 19.9 Å². The van der Waals surface area contributed by atoms with Gasteiger partial charge < -0.3 is 4.90 Å². The number of hydrogen-bond acceptors (Lipinski definition) is 2. The average Bonchev–Trinajstić information content (AvgIpc) is 2.22. The third-order valence-electron chi connectivity index (χ3n) is 2.74. The summed E-state index contributed by atoms with van der Waals surface area (Å²) in [6.45, 7) is 3.42. The predicted molar refractivity (Wildman–Crippen MR) is 62.2 cm³/mol. The number of hydrogen-bond donors (Lipinski definition) is 0. The minimum absolute atomic E-state index is 0.210. The summed E-state index contributed by atoms with van der Waals surface area (Å²) in [5, 5.41) is 9.14. The lowest BCUT2D eigenvalue weighted by Crippen LogP contribution is -2.33. The average molecular weight is 238 g/mol. The molecule has 1 aromatic carbocycles. The van der Waals surface area contributed by atoms with Crippen molar-refractivity contribution in [3.8, 4) is 6.07 Å². The molecule has 4 heteroatoms. The van der Waals surface area contributed by atoms with Crippen molar-refractivity contribution < 1.29 is 8.78 Å². The lowest BCUT2D eigenvalue weighted by molar-refractivity contribution is 0.180. The van der Waals surface area contributed by atoms with Gasteiger partial charge in [0.2, 0.25) is 0 Å². The fourth-order valence-electron chi connectivity index (χ4n) is 2.10. The smallest absolute Gasteiger partial charge is 0.128 e. The first kappa shape index (κ1) is 13.6. The molecule has 0 fully saturated rings. The van der Waals surface area contributed by atoms with Gasteiger partial charge in [-0.05, 0) is 46.1 Å². The fourth-order valence-corrected chi connectivity index (χ4v) is 2.10. The van der Waals surface area contributed by atoms with E-state index in [1.807, 2.05) is 0 Å². The van der Waals surface area contributed by atoms with Gasteiger partial charge in [0, 0.05) is 5.56 Å². The molecular formula is C13H16F2N2. The van der Waals surface area contributed by atoms with Gasteiger partial charge in [0.15, 0.2) is 0 Å². The van der Waals surface area contributed by atoms with Crippen LogP contribution < -0.4 is 0 Å². The van der Waals surface area contributed by atoms with E-state index in [4.69, 9.17) is 5.26 Å². The maximum absolute atomic E-state index is 13.7. The van der Waals surface area contributed by atoms with Crippen molar-refractivity contribution in [1.29, 1.82) is 5.26 Å². The molecule has 0 bridgehead atoms. The zero-order valence-corrected chi connectivity index (χ0v) is 10.5. The molecule has 0 radical (unpaired) electrons. The highest BCUT2D eigenvalue weighted by molar-refractivity contribution is 5.26. The monoisotopic (exact) mass is 238 g/mol. The van der Waals surface area contributed by atoms with Crippen molar-refractivity contribution in [2.75, 3.05) is 14.1 Å². The van der Waals surface area contributed by atoms with Gasteiger partial charge in [-0.25, -0.2) is 8.78 Å². The summed E-state index contributed by atoms with van der Waals surface area (Å²) in [4.78, 5) is 1.72. The minimum atomic E-state index is -0.807. The van der Waals surface area contributed by atoms with E-state index in [1.165, 1.54) is 0 Å².